The van der Waals surface area contributed by atoms with Gasteiger partial charge in [0.2, 0.25) is 21.9 Å². The van der Waals surface area contributed by atoms with Gasteiger partial charge in [0.25, 0.3) is 0 Å². The van der Waals surface area contributed by atoms with Crippen LogP contribution in [0.3, 0.4) is 0 Å². The molecule has 10 nitrogen and oxygen atoms in total. The highest BCUT2D eigenvalue weighted by molar-refractivity contribution is 7.92. The number of sulfonamides is 1. The Morgan fingerprint density at radius 3 is 2.66 bits per heavy atom. The summed E-state index contributed by atoms with van der Waals surface area (Å²) in [6.07, 6.45) is -1.15. The van der Waals surface area contributed by atoms with Gasteiger partial charge in [-0.05, 0) is 42.3 Å². The zero-order valence-electron chi connectivity index (χ0n) is 18.3. The van der Waals surface area contributed by atoms with E-state index in [1.54, 1.807) is 18.2 Å². The molecule has 3 aromatic rings. The number of aromatic nitrogens is 3. The number of carbonyl (C=O) groups is 1. The number of amides is 1. The van der Waals surface area contributed by atoms with Gasteiger partial charge < -0.3 is 16.0 Å². The molecule has 1 aromatic carbocycles. The Hall–Kier alpha value is -3.94. The molecule has 1 amide bonds. The first-order chi connectivity index (χ1) is 16.5. The molecular weight excluding hydrogens is 487 g/mol. The highest BCUT2D eigenvalue weighted by atomic mass is 32.2. The summed E-state index contributed by atoms with van der Waals surface area (Å²) in [6, 6.07) is 6.47. The van der Waals surface area contributed by atoms with Crippen molar-refractivity contribution in [1.82, 2.24) is 15.0 Å². The Balaban J connectivity index is 1.54. The molecule has 1 aliphatic heterocycles. The molecule has 184 valence electrons. The number of nitrogens with one attached hydrogen (secondary N) is 4. The van der Waals surface area contributed by atoms with E-state index < -0.39 is 27.6 Å². The van der Waals surface area contributed by atoms with Crippen molar-refractivity contribution in [3.05, 3.63) is 59.5 Å². The van der Waals surface area contributed by atoms with Crippen molar-refractivity contribution in [1.29, 1.82) is 0 Å². The summed E-state index contributed by atoms with van der Waals surface area (Å²) in [5.74, 6) is -0.832. The lowest BCUT2D eigenvalue weighted by atomic mass is 10.1. The molecule has 0 radical (unpaired) electrons. The van der Waals surface area contributed by atoms with Crippen LogP contribution < -0.4 is 20.7 Å². The minimum absolute atomic E-state index is 0.0830. The molecule has 0 spiro atoms. The van der Waals surface area contributed by atoms with Crippen LogP contribution in [-0.2, 0) is 34.0 Å². The van der Waals surface area contributed by atoms with Crippen LogP contribution >= 0.6 is 0 Å². The largest absolute Gasteiger partial charge is 0.421 e. The van der Waals surface area contributed by atoms with Gasteiger partial charge in [-0.3, -0.25) is 14.5 Å². The second kappa shape index (κ2) is 9.37. The molecule has 0 atom stereocenters. The molecule has 0 saturated carbocycles. The standard InChI is InChI=1S/C21H20F3N7O3S/c1-2-35(33,34)31-15-5-12(8-25-10-15)9-26-19-16(21(22,23)24)11-27-20(30-19)28-14-3-4-17-13(6-14)7-18(32)29-17/h3-6,8,10-11,31H,2,7,9H2,1H3,(H,29,32)(H2,26,27,28,30). The summed E-state index contributed by atoms with van der Waals surface area (Å²) >= 11 is 0. The summed E-state index contributed by atoms with van der Waals surface area (Å²) in [7, 11) is -3.54. The number of pyridine rings is 1. The summed E-state index contributed by atoms with van der Waals surface area (Å²) in [6.45, 7) is 1.36. The second-order valence-electron chi connectivity index (χ2n) is 7.62. The maximum atomic E-state index is 13.5. The molecule has 3 heterocycles. The molecule has 4 rings (SSSR count). The second-order valence-corrected chi connectivity index (χ2v) is 9.63. The van der Waals surface area contributed by atoms with Crippen molar-refractivity contribution in [2.75, 3.05) is 26.4 Å². The topological polar surface area (TPSA) is 138 Å². The van der Waals surface area contributed by atoms with E-state index in [9.17, 15) is 26.4 Å². The van der Waals surface area contributed by atoms with E-state index >= 15 is 0 Å². The number of carbonyl (C=O) groups excluding carboxylic acids is 1. The molecule has 0 fully saturated rings. The first kappa shape index (κ1) is 24.2. The third-order valence-electron chi connectivity index (χ3n) is 4.99. The number of hydrogen-bond donors (Lipinski definition) is 4. The van der Waals surface area contributed by atoms with Crippen LogP contribution in [-0.4, -0.2) is 35.0 Å². The third-order valence-corrected chi connectivity index (χ3v) is 6.30. The predicted octanol–water partition coefficient (Wildman–Crippen LogP) is 3.50. The molecule has 14 heteroatoms. The first-order valence-corrected chi connectivity index (χ1v) is 12.0. The van der Waals surface area contributed by atoms with Crippen molar-refractivity contribution >= 4 is 44.8 Å². The molecule has 1 aliphatic rings. The molecule has 4 N–H and O–H groups in total. The summed E-state index contributed by atoms with van der Waals surface area (Å²) in [5.41, 5.74) is 1.48. The quantitative estimate of drug-likeness (QED) is 0.364. The smallest absolute Gasteiger partial charge is 0.365 e. The lowest BCUT2D eigenvalue weighted by Gasteiger charge is -2.15. The molecule has 2 aromatic heterocycles. The Morgan fingerprint density at radius 2 is 1.91 bits per heavy atom. The van der Waals surface area contributed by atoms with Crippen LogP contribution in [0.2, 0.25) is 0 Å². The number of nitrogens with zero attached hydrogens (tertiary/aromatic N) is 3. The lowest BCUT2D eigenvalue weighted by molar-refractivity contribution is -0.137. The van der Waals surface area contributed by atoms with Gasteiger partial charge in [0, 0.05) is 30.3 Å². The summed E-state index contributed by atoms with van der Waals surface area (Å²) in [4.78, 5) is 23.2. The molecule has 35 heavy (non-hydrogen) atoms. The van der Waals surface area contributed by atoms with Gasteiger partial charge in [-0.1, -0.05) is 0 Å². The minimum atomic E-state index is -4.71. The minimum Gasteiger partial charge on any atom is -0.365 e. The molecule has 0 saturated heterocycles. The van der Waals surface area contributed by atoms with E-state index in [2.05, 4.69) is 35.6 Å². The van der Waals surface area contributed by atoms with Gasteiger partial charge >= 0.3 is 6.18 Å². The van der Waals surface area contributed by atoms with E-state index in [-0.39, 0.29) is 36.3 Å². The Labute approximate surface area is 198 Å². The SMILES string of the molecule is CCS(=O)(=O)Nc1cncc(CNc2nc(Nc3ccc4c(c3)CC(=O)N4)ncc2C(F)(F)F)c1. The highest BCUT2D eigenvalue weighted by Gasteiger charge is 2.35. The Morgan fingerprint density at radius 1 is 1.11 bits per heavy atom. The number of anilines is 5. The monoisotopic (exact) mass is 507 g/mol. The van der Waals surface area contributed by atoms with E-state index in [0.717, 1.165) is 5.56 Å². The zero-order valence-corrected chi connectivity index (χ0v) is 19.1. The maximum Gasteiger partial charge on any atom is 0.421 e. The first-order valence-electron chi connectivity index (χ1n) is 10.3. The normalized spacial score (nSPS) is 13.2. The molecular formula is C21H20F3N7O3S. The van der Waals surface area contributed by atoms with Crippen LogP contribution in [0.5, 0.6) is 0 Å². The Bertz CT molecular complexity index is 1380. The van der Waals surface area contributed by atoms with Crippen molar-refractivity contribution < 1.29 is 26.4 Å². The zero-order chi connectivity index (χ0) is 25.2. The van der Waals surface area contributed by atoms with Crippen molar-refractivity contribution in [2.24, 2.45) is 0 Å². The van der Waals surface area contributed by atoms with Gasteiger partial charge in [-0.25, -0.2) is 13.4 Å². The van der Waals surface area contributed by atoms with Crippen LogP contribution in [0, 0.1) is 0 Å². The van der Waals surface area contributed by atoms with Gasteiger partial charge in [0.05, 0.1) is 24.1 Å². The predicted molar refractivity (Wildman–Crippen MR) is 124 cm³/mol. The van der Waals surface area contributed by atoms with E-state index in [1.807, 2.05) is 0 Å². The van der Waals surface area contributed by atoms with Crippen molar-refractivity contribution in [2.45, 2.75) is 26.1 Å². The fraction of sp³-hybridized carbons (Fsp3) is 0.238. The van der Waals surface area contributed by atoms with Crippen LogP contribution in [0.4, 0.5) is 42.0 Å². The van der Waals surface area contributed by atoms with Gasteiger partial charge in [-0.2, -0.15) is 18.2 Å². The van der Waals surface area contributed by atoms with Crippen LogP contribution in [0.1, 0.15) is 23.6 Å². The van der Waals surface area contributed by atoms with Crippen molar-refractivity contribution in [3.8, 4) is 0 Å². The van der Waals surface area contributed by atoms with Crippen LogP contribution in [0.25, 0.3) is 0 Å². The van der Waals surface area contributed by atoms with E-state index in [1.165, 1.54) is 25.4 Å². The van der Waals surface area contributed by atoms with Gasteiger partial charge in [0.15, 0.2) is 0 Å². The van der Waals surface area contributed by atoms with E-state index in [4.69, 9.17) is 0 Å². The fourth-order valence-corrected chi connectivity index (χ4v) is 3.91. The number of halogens is 3. The average Bonchev–Trinajstić information content (AvgIpc) is 3.16. The number of alkyl halides is 3. The third kappa shape index (κ3) is 5.95. The van der Waals surface area contributed by atoms with Gasteiger partial charge in [-0.15, -0.1) is 0 Å². The molecule has 0 bridgehead atoms. The highest BCUT2D eigenvalue weighted by Crippen LogP contribution is 2.34. The van der Waals surface area contributed by atoms with Crippen molar-refractivity contribution in [3.63, 3.8) is 0 Å². The van der Waals surface area contributed by atoms with Crippen LogP contribution in [0.15, 0.2) is 42.9 Å². The maximum absolute atomic E-state index is 13.5. The number of benzene rings is 1. The fourth-order valence-electron chi connectivity index (χ4n) is 3.30. The summed E-state index contributed by atoms with van der Waals surface area (Å²) in [5, 5.41) is 8.18. The number of rotatable bonds is 8. The molecule has 0 unspecified atom stereocenters. The lowest BCUT2D eigenvalue weighted by Crippen LogP contribution is -2.16. The Kier molecular flexibility index (Phi) is 6.47. The number of hydrogen-bond acceptors (Lipinski definition) is 8. The van der Waals surface area contributed by atoms with E-state index in [0.29, 0.717) is 23.1 Å². The summed E-state index contributed by atoms with van der Waals surface area (Å²) < 4.78 is 66.5. The van der Waals surface area contributed by atoms with Gasteiger partial charge in [0.1, 0.15) is 11.4 Å². The number of fused-ring (bicyclic) bond motifs is 1. The molecule has 0 aliphatic carbocycles. The average molecular weight is 507 g/mol.